The number of carbonyl (C=O) groups excluding carboxylic acids is 1. The molecule has 0 radical (unpaired) electrons. The van der Waals surface area contributed by atoms with Crippen LogP contribution in [0.1, 0.15) is 67.4 Å². The van der Waals surface area contributed by atoms with Gasteiger partial charge in [0, 0.05) is 25.0 Å². The Morgan fingerprint density at radius 2 is 2.25 bits per heavy atom. The lowest BCUT2D eigenvalue weighted by Crippen LogP contribution is -2.33. The van der Waals surface area contributed by atoms with E-state index in [1.165, 1.54) is 6.20 Å². The minimum Gasteiger partial charge on any atom is -0.329 e. The molecule has 1 saturated heterocycles. The van der Waals surface area contributed by atoms with Crippen molar-refractivity contribution in [2.24, 2.45) is 0 Å². The molecule has 1 aliphatic rings. The number of aromatic nitrogens is 4. The van der Waals surface area contributed by atoms with Gasteiger partial charge in [-0.25, -0.2) is 9.78 Å². The molecule has 7 heteroatoms. The van der Waals surface area contributed by atoms with E-state index in [0.29, 0.717) is 18.8 Å². The largest absolute Gasteiger partial charge is 0.345 e. The van der Waals surface area contributed by atoms with E-state index in [-0.39, 0.29) is 23.6 Å². The van der Waals surface area contributed by atoms with E-state index >= 15 is 0 Å². The van der Waals surface area contributed by atoms with Crippen molar-refractivity contribution in [2.75, 3.05) is 6.54 Å². The molecule has 0 bridgehead atoms. The van der Waals surface area contributed by atoms with Crippen LogP contribution in [0.5, 0.6) is 0 Å². The number of hydrogen-bond donors (Lipinski definition) is 1. The molecule has 1 fully saturated rings. The third-order valence-electron chi connectivity index (χ3n) is 4.48. The van der Waals surface area contributed by atoms with Crippen molar-refractivity contribution in [3.05, 3.63) is 45.9 Å². The summed E-state index contributed by atoms with van der Waals surface area (Å²) < 4.78 is 1.77. The quantitative estimate of drug-likeness (QED) is 0.931. The molecule has 0 aromatic carbocycles. The van der Waals surface area contributed by atoms with Gasteiger partial charge in [0.05, 0.1) is 11.7 Å². The summed E-state index contributed by atoms with van der Waals surface area (Å²) >= 11 is 0. The predicted molar refractivity (Wildman–Crippen MR) is 89.9 cm³/mol. The van der Waals surface area contributed by atoms with Crippen LogP contribution in [0.25, 0.3) is 0 Å². The molecule has 128 valence electrons. The molecule has 0 unspecified atom stereocenters. The van der Waals surface area contributed by atoms with Crippen molar-refractivity contribution in [2.45, 2.75) is 52.1 Å². The topological polar surface area (TPSA) is 83.9 Å². The van der Waals surface area contributed by atoms with Gasteiger partial charge in [-0.3, -0.25) is 9.48 Å². The van der Waals surface area contributed by atoms with E-state index in [1.807, 2.05) is 17.9 Å². The zero-order valence-corrected chi connectivity index (χ0v) is 14.3. The summed E-state index contributed by atoms with van der Waals surface area (Å²) in [5, 5.41) is 4.53. The number of carbonyl (C=O) groups is 1. The molecule has 2 aromatic heterocycles. The number of H-pyrrole nitrogens is 1. The van der Waals surface area contributed by atoms with E-state index in [2.05, 4.69) is 28.9 Å². The Morgan fingerprint density at radius 3 is 2.92 bits per heavy atom. The highest BCUT2D eigenvalue weighted by Gasteiger charge is 2.33. The van der Waals surface area contributed by atoms with Gasteiger partial charge >= 0.3 is 5.69 Å². The van der Waals surface area contributed by atoms with Crippen LogP contribution >= 0.6 is 0 Å². The van der Waals surface area contributed by atoms with Crippen molar-refractivity contribution >= 4 is 5.91 Å². The molecule has 7 nitrogen and oxygen atoms in total. The van der Waals surface area contributed by atoms with Gasteiger partial charge in [-0.15, -0.1) is 0 Å². The summed E-state index contributed by atoms with van der Waals surface area (Å²) in [7, 11) is 0. The van der Waals surface area contributed by atoms with Gasteiger partial charge in [0.15, 0.2) is 0 Å². The summed E-state index contributed by atoms with van der Waals surface area (Å²) in [5.41, 5.74) is 1.90. The lowest BCUT2D eigenvalue weighted by Gasteiger charge is -2.24. The average molecular weight is 329 g/mol. The normalized spacial score (nSPS) is 17.7. The Hall–Kier alpha value is -2.44. The molecule has 2 aromatic rings. The second kappa shape index (κ2) is 6.59. The van der Waals surface area contributed by atoms with Crippen LogP contribution < -0.4 is 5.69 Å². The van der Waals surface area contributed by atoms with E-state index in [1.54, 1.807) is 10.7 Å². The van der Waals surface area contributed by atoms with Crippen molar-refractivity contribution in [3.8, 4) is 0 Å². The molecule has 3 heterocycles. The van der Waals surface area contributed by atoms with E-state index in [0.717, 1.165) is 24.2 Å². The van der Waals surface area contributed by atoms with Crippen molar-refractivity contribution < 1.29 is 4.79 Å². The molecule has 1 amide bonds. The summed E-state index contributed by atoms with van der Waals surface area (Å²) in [4.78, 5) is 32.8. The number of amides is 1. The van der Waals surface area contributed by atoms with Gasteiger partial charge < -0.3 is 9.88 Å². The lowest BCUT2D eigenvalue weighted by atomic mass is 10.1. The SMILES string of the molecule is CCn1nc(C(C)C)cc1C(=O)N1CCC[C@H]1c1ccnc(=O)[nH]1. The first-order valence-electron chi connectivity index (χ1n) is 8.45. The lowest BCUT2D eigenvalue weighted by molar-refractivity contribution is 0.0720. The molecule has 1 N–H and O–H groups in total. The second-order valence-electron chi connectivity index (χ2n) is 6.41. The maximum absolute atomic E-state index is 13.1. The third kappa shape index (κ3) is 2.98. The summed E-state index contributed by atoms with van der Waals surface area (Å²) in [6.45, 7) is 7.45. The highest BCUT2D eigenvalue weighted by atomic mass is 16.2. The Kier molecular flexibility index (Phi) is 4.51. The van der Waals surface area contributed by atoms with Gasteiger partial charge in [0.1, 0.15) is 5.69 Å². The Bertz CT molecular complexity index is 792. The van der Waals surface area contributed by atoms with Crippen molar-refractivity contribution in [3.63, 3.8) is 0 Å². The smallest absolute Gasteiger partial charge is 0.329 e. The summed E-state index contributed by atoms with van der Waals surface area (Å²) in [6, 6.07) is 3.55. The van der Waals surface area contributed by atoms with E-state index in [4.69, 9.17) is 0 Å². The molecule has 0 spiro atoms. The number of nitrogens with one attached hydrogen (secondary N) is 1. The highest BCUT2D eigenvalue weighted by Crippen LogP contribution is 2.32. The van der Waals surface area contributed by atoms with Crippen LogP contribution in [-0.2, 0) is 6.54 Å². The molecule has 24 heavy (non-hydrogen) atoms. The van der Waals surface area contributed by atoms with Crippen LogP contribution in [0.2, 0.25) is 0 Å². The average Bonchev–Trinajstić information content (AvgIpc) is 3.21. The zero-order valence-electron chi connectivity index (χ0n) is 14.3. The Balaban J connectivity index is 1.93. The Labute approximate surface area is 140 Å². The molecular formula is C17H23N5O2. The molecule has 0 saturated carbocycles. The van der Waals surface area contributed by atoms with Crippen LogP contribution in [0.15, 0.2) is 23.1 Å². The van der Waals surface area contributed by atoms with E-state index in [9.17, 15) is 9.59 Å². The minimum atomic E-state index is -0.382. The van der Waals surface area contributed by atoms with Crippen LogP contribution in [-0.4, -0.2) is 37.1 Å². The second-order valence-corrected chi connectivity index (χ2v) is 6.41. The summed E-state index contributed by atoms with van der Waals surface area (Å²) in [5.74, 6) is 0.242. The first-order valence-corrected chi connectivity index (χ1v) is 8.45. The number of hydrogen-bond acceptors (Lipinski definition) is 4. The van der Waals surface area contributed by atoms with Crippen LogP contribution in [0.4, 0.5) is 0 Å². The monoisotopic (exact) mass is 329 g/mol. The van der Waals surface area contributed by atoms with E-state index < -0.39 is 0 Å². The fraction of sp³-hybridized carbons (Fsp3) is 0.529. The number of nitrogens with zero attached hydrogens (tertiary/aromatic N) is 4. The maximum atomic E-state index is 13.1. The van der Waals surface area contributed by atoms with Crippen LogP contribution in [0, 0.1) is 0 Å². The first-order chi connectivity index (χ1) is 11.5. The number of aryl methyl sites for hydroxylation is 1. The van der Waals surface area contributed by atoms with Crippen LogP contribution in [0.3, 0.4) is 0 Å². The van der Waals surface area contributed by atoms with Gasteiger partial charge in [-0.1, -0.05) is 13.8 Å². The standard InChI is InChI=1S/C17H23N5O2/c1-4-22-15(10-13(20-22)11(2)3)16(23)21-9-5-6-14(21)12-7-8-18-17(24)19-12/h7-8,10-11,14H,4-6,9H2,1-3H3,(H,18,19,24)/t14-/m0/s1. The van der Waals surface area contributed by atoms with Gasteiger partial charge in [-0.05, 0) is 37.8 Å². The molecular weight excluding hydrogens is 306 g/mol. The number of likely N-dealkylation sites (tertiary alicyclic amines) is 1. The fourth-order valence-electron chi connectivity index (χ4n) is 3.19. The maximum Gasteiger partial charge on any atom is 0.345 e. The minimum absolute atomic E-state index is 0.0311. The van der Waals surface area contributed by atoms with Crippen molar-refractivity contribution in [1.82, 2.24) is 24.6 Å². The van der Waals surface area contributed by atoms with Gasteiger partial charge in [0.2, 0.25) is 0 Å². The zero-order chi connectivity index (χ0) is 17.3. The van der Waals surface area contributed by atoms with Gasteiger partial charge in [0.25, 0.3) is 5.91 Å². The third-order valence-corrected chi connectivity index (χ3v) is 4.48. The Morgan fingerprint density at radius 1 is 1.46 bits per heavy atom. The molecule has 3 rings (SSSR count). The highest BCUT2D eigenvalue weighted by molar-refractivity contribution is 5.93. The number of rotatable bonds is 4. The molecule has 1 aliphatic heterocycles. The first kappa shape index (κ1) is 16.4. The summed E-state index contributed by atoms with van der Waals surface area (Å²) in [6.07, 6.45) is 3.24. The molecule has 0 aliphatic carbocycles. The fourth-order valence-corrected chi connectivity index (χ4v) is 3.19. The molecule has 1 atom stereocenters. The predicted octanol–water partition coefficient (Wildman–Crippen LogP) is 2.09. The van der Waals surface area contributed by atoms with Crippen molar-refractivity contribution in [1.29, 1.82) is 0 Å². The number of aromatic amines is 1. The van der Waals surface area contributed by atoms with Gasteiger partial charge in [-0.2, -0.15) is 5.10 Å².